The molecule has 15 heavy (non-hydrogen) atoms. The van der Waals surface area contributed by atoms with Crippen LogP contribution in [0.15, 0.2) is 0 Å². The van der Waals surface area contributed by atoms with Gasteiger partial charge in [-0.3, -0.25) is 9.63 Å². The number of hydroxylamine groups is 1. The first-order chi connectivity index (χ1) is 7.04. The number of hydrogen-bond acceptors (Lipinski definition) is 3. The van der Waals surface area contributed by atoms with E-state index in [1.54, 1.807) is 0 Å². The van der Waals surface area contributed by atoms with Gasteiger partial charge in [0, 0.05) is 0 Å². The number of nitrogens with two attached hydrogens (primary N) is 1. The third-order valence-electron chi connectivity index (χ3n) is 2.78. The molecule has 1 saturated carbocycles. The molecule has 0 heterocycles. The molecule has 1 fully saturated rings. The van der Waals surface area contributed by atoms with Crippen LogP contribution in [0.2, 0.25) is 0 Å². The van der Waals surface area contributed by atoms with Crippen molar-refractivity contribution < 1.29 is 9.63 Å². The molecule has 1 aliphatic carbocycles. The Bertz CT molecular complexity index is 211. The maximum atomic E-state index is 11.7. The second-order valence-electron chi connectivity index (χ2n) is 4.85. The Labute approximate surface area is 91.5 Å². The molecule has 0 saturated heterocycles. The highest BCUT2D eigenvalue weighted by molar-refractivity contribution is 5.85. The summed E-state index contributed by atoms with van der Waals surface area (Å²) in [6.07, 6.45) is 4.79. The lowest BCUT2D eigenvalue weighted by atomic mass is 9.82. The van der Waals surface area contributed by atoms with Crippen molar-refractivity contribution in [3.63, 3.8) is 0 Å². The van der Waals surface area contributed by atoms with Crippen molar-refractivity contribution in [2.75, 3.05) is 6.61 Å². The molecule has 3 N–H and O–H groups in total. The summed E-state index contributed by atoms with van der Waals surface area (Å²) in [5.74, 6) is 0.244. The molecule has 4 heteroatoms. The Morgan fingerprint density at radius 2 is 2.00 bits per heavy atom. The van der Waals surface area contributed by atoms with Crippen molar-refractivity contribution >= 4 is 5.91 Å². The number of rotatable bonds is 4. The van der Waals surface area contributed by atoms with Gasteiger partial charge in [0.1, 0.15) is 0 Å². The predicted octanol–water partition coefficient (Wildman–Crippen LogP) is 1.35. The van der Waals surface area contributed by atoms with Crippen LogP contribution in [0.5, 0.6) is 0 Å². The zero-order chi connectivity index (χ0) is 11.3. The highest BCUT2D eigenvalue weighted by Gasteiger charge is 2.35. The Balaban J connectivity index is 2.31. The van der Waals surface area contributed by atoms with E-state index >= 15 is 0 Å². The molecule has 0 spiro atoms. The summed E-state index contributed by atoms with van der Waals surface area (Å²) in [7, 11) is 0. The van der Waals surface area contributed by atoms with Crippen LogP contribution >= 0.6 is 0 Å². The Morgan fingerprint density at radius 3 is 2.53 bits per heavy atom. The first-order valence-corrected chi connectivity index (χ1v) is 5.76. The zero-order valence-corrected chi connectivity index (χ0v) is 9.71. The molecule has 0 aromatic rings. The smallest absolute Gasteiger partial charge is 0.263 e. The summed E-state index contributed by atoms with van der Waals surface area (Å²) >= 11 is 0. The van der Waals surface area contributed by atoms with E-state index in [9.17, 15) is 4.79 Å². The molecule has 1 rings (SSSR count). The third kappa shape index (κ3) is 3.80. The van der Waals surface area contributed by atoms with E-state index < -0.39 is 5.54 Å². The monoisotopic (exact) mass is 214 g/mol. The van der Waals surface area contributed by atoms with Crippen molar-refractivity contribution in [3.8, 4) is 0 Å². The maximum absolute atomic E-state index is 11.7. The molecule has 88 valence electrons. The van der Waals surface area contributed by atoms with Gasteiger partial charge in [0.25, 0.3) is 5.91 Å². The van der Waals surface area contributed by atoms with Crippen LogP contribution in [0.25, 0.3) is 0 Å². The minimum absolute atomic E-state index is 0.164. The van der Waals surface area contributed by atoms with E-state index in [2.05, 4.69) is 5.48 Å². The first kappa shape index (κ1) is 12.5. The normalized spacial score (nSPS) is 20.3. The predicted molar refractivity (Wildman–Crippen MR) is 58.9 cm³/mol. The highest BCUT2D eigenvalue weighted by atomic mass is 16.7. The standard InChI is InChI=1S/C11H22N2O2/c1-9(2)8-15-13-10(14)11(12)6-4-3-5-7-11/h9H,3-8,12H2,1-2H3,(H,13,14). The summed E-state index contributed by atoms with van der Waals surface area (Å²) in [5.41, 5.74) is 7.79. The maximum Gasteiger partial charge on any atom is 0.263 e. The second-order valence-corrected chi connectivity index (χ2v) is 4.85. The lowest BCUT2D eigenvalue weighted by Crippen LogP contribution is -2.55. The minimum atomic E-state index is -0.699. The topological polar surface area (TPSA) is 64.3 Å². The van der Waals surface area contributed by atoms with Crippen molar-refractivity contribution in [2.45, 2.75) is 51.5 Å². The van der Waals surface area contributed by atoms with E-state index in [1.165, 1.54) is 6.42 Å². The van der Waals surface area contributed by atoms with Gasteiger partial charge in [-0.25, -0.2) is 5.48 Å². The number of amides is 1. The van der Waals surface area contributed by atoms with Crippen molar-refractivity contribution in [2.24, 2.45) is 11.7 Å². The second kappa shape index (κ2) is 5.47. The molecule has 1 amide bonds. The van der Waals surface area contributed by atoms with Gasteiger partial charge < -0.3 is 5.73 Å². The fourth-order valence-corrected chi connectivity index (χ4v) is 1.79. The van der Waals surface area contributed by atoms with Crippen molar-refractivity contribution in [3.05, 3.63) is 0 Å². The van der Waals surface area contributed by atoms with Gasteiger partial charge in [0.2, 0.25) is 0 Å². The molecule has 1 aliphatic rings. The SMILES string of the molecule is CC(C)CONC(=O)C1(N)CCCCC1. The van der Waals surface area contributed by atoms with Gasteiger partial charge in [-0.05, 0) is 18.8 Å². The van der Waals surface area contributed by atoms with Gasteiger partial charge >= 0.3 is 0 Å². The number of hydrogen-bond donors (Lipinski definition) is 2. The number of nitrogens with one attached hydrogen (secondary N) is 1. The molecule has 0 atom stereocenters. The molecular weight excluding hydrogens is 192 g/mol. The van der Waals surface area contributed by atoms with Crippen molar-refractivity contribution in [1.29, 1.82) is 0 Å². The third-order valence-corrected chi connectivity index (χ3v) is 2.78. The first-order valence-electron chi connectivity index (χ1n) is 5.76. The van der Waals surface area contributed by atoms with Crippen LogP contribution in [0, 0.1) is 5.92 Å². The van der Waals surface area contributed by atoms with Gasteiger partial charge in [-0.1, -0.05) is 33.1 Å². The minimum Gasteiger partial charge on any atom is -0.317 e. The fourth-order valence-electron chi connectivity index (χ4n) is 1.79. The lowest BCUT2D eigenvalue weighted by Gasteiger charge is -2.31. The molecular formula is C11H22N2O2. The highest BCUT2D eigenvalue weighted by Crippen LogP contribution is 2.25. The summed E-state index contributed by atoms with van der Waals surface area (Å²) in [4.78, 5) is 16.8. The van der Waals surface area contributed by atoms with Crippen molar-refractivity contribution in [1.82, 2.24) is 5.48 Å². The van der Waals surface area contributed by atoms with E-state index in [1.807, 2.05) is 13.8 Å². The van der Waals surface area contributed by atoms with Crippen LogP contribution in [0.4, 0.5) is 0 Å². The molecule has 4 nitrogen and oxygen atoms in total. The summed E-state index contributed by atoms with van der Waals surface area (Å²) in [6, 6.07) is 0. The summed E-state index contributed by atoms with van der Waals surface area (Å²) in [6.45, 7) is 4.60. The average molecular weight is 214 g/mol. The zero-order valence-electron chi connectivity index (χ0n) is 9.71. The largest absolute Gasteiger partial charge is 0.317 e. The Kier molecular flexibility index (Phi) is 4.54. The van der Waals surface area contributed by atoms with Crippen LogP contribution in [-0.2, 0) is 9.63 Å². The summed E-state index contributed by atoms with van der Waals surface area (Å²) in [5, 5.41) is 0. The number of carbonyl (C=O) groups is 1. The van der Waals surface area contributed by atoms with E-state index in [4.69, 9.17) is 10.6 Å². The Hall–Kier alpha value is -0.610. The molecule has 0 aliphatic heterocycles. The van der Waals surface area contributed by atoms with E-state index in [0.29, 0.717) is 12.5 Å². The fraction of sp³-hybridized carbons (Fsp3) is 0.909. The van der Waals surface area contributed by atoms with Crippen LogP contribution in [0.3, 0.4) is 0 Å². The van der Waals surface area contributed by atoms with Crippen LogP contribution in [-0.4, -0.2) is 18.1 Å². The molecule has 0 aromatic carbocycles. The van der Waals surface area contributed by atoms with Gasteiger partial charge in [-0.15, -0.1) is 0 Å². The molecule has 0 aromatic heterocycles. The van der Waals surface area contributed by atoms with Crippen LogP contribution in [0.1, 0.15) is 46.0 Å². The molecule has 0 bridgehead atoms. The Morgan fingerprint density at radius 1 is 1.40 bits per heavy atom. The number of carbonyl (C=O) groups excluding carboxylic acids is 1. The van der Waals surface area contributed by atoms with Gasteiger partial charge in [0.05, 0.1) is 12.1 Å². The average Bonchev–Trinajstić information content (AvgIpc) is 2.18. The molecule has 0 unspecified atom stereocenters. The van der Waals surface area contributed by atoms with E-state index in [0.717, 1.165) is 25.7 Å². The quantitative estimate of drug-likeness (QED) is 0.694. The van der Waals surface area contributed by atoms with E-state index in [-0.39, 0.29) is 5.91 Å². The lowest BCUT2D eigenvalue weighted by molar-refractivity contribution is -0.141. The molecule has 0 radical (unpaired) electrons. The van der Waals surface area contributed by atoms with Gasteiger partial charge in [-0.2, -0.15) is 0 Å². The summed E-state index contributed by atoms with van der Waals surface area (Å²) < 4.78 is 0. The van der Waals surface area contributed by atoms with Gasteiger partial charge in [0.15, 0.2) is 0 Å². The van der Waals surface area contributed by atoms with Crippen LogP contribution < -0.4 is 11.2 Å².